The van der Waals surface area contributed by atoms with Gasteiger partial charge in [-0.1, -0.05) is 11.6 Å². The minimum atomic E-state index is -0.264. The largest absolute Gasteiger partial charge is 0.484 e. The van der Waals surface area contributed by atoms with Gasteiger partial charge in [-0.2, -0.15) is 0 Å². The standard InChI is InChI=1S/C15H18ClNO4/c1-10-7-12(3-4-13(10)16)21-9-14(18)17-6-5-11(8-17)15(19)20-2/h3-4,7,11H,5-6,8-9H2,1-2H3. The van der Waals surface area contributed by atoms with E-state index >= 15 is 0 Å². The van der Waals surface area contributed by atoms with Crippen molar-refractivity contribution in [2.24, 2.45) is 5.92 Å². The molecule has 1 aromatic carbocycles. The highest BCUT2D eigenvalue weighted by Crippen LogP contribution is 2.22. The average molecular weight is 312 g/mol. The second-order valence-electron chi connectivity index (χ2n) is 5.05. The lowest BCUT2D eigenvalue weighted by Gasteiger charge is -2.16. The van der Waals surface area contributed by atoms with Crippen LogP contribution >= 0.6 is 11.6 Å². The number of carbonyl (C=O) groups is 2. The molecule has 2 rings (SSSR count). The smallest absolute Gasteiger partial charge is 0.310 e. The maximum atomic E-state index is 12.0. The van der Waals surface area contributed by atoms with Crippen molar-refractivity contribution in [2.75, 3.05) is 26.8 Å². The molecule has 0 radical (unpaired) electrons. The second-order valence-corrected chi connectivity index (χ2v) is 5.46. The lowest BCUT2D eigenvalue weighted by Crippen LogP contribution is -2.34. The number of aryl methyl sites for hydroxylation is 1. The normalized spacial score (nSPS) is 17.7. The lowest BCUT2D eigenvalue weighted by molar-refractivity contribution is -0.145. The molecule has 5 nitrogen and oxygen atoms in total. The summed E-state index contributed by atoms with van der Waals surface area (Å²) in [4.78, 5) is 25.1. The number of esters is 1. The second kappa shape index (κ2) is 6.80. The number of ether oxygens (including phenoxy) is 2. The van der Waals surface area contributed by atoms with E-state index in [-0.39, 0.29) is 24.4 Å². The first kappa shape index (κ1) is 15.6. The molecule has 21 heavy (non-hydrogen) atoms. The number of rotatable bonds is 4. The number of hydrogen-bond donors (Lipinski definition) is 0. The Labute approximate surface area is 128 Å². The van der Waals surface area contributed by atoms with Crippen LogP contribution in [0.4, 0.5) is 0 Å². The first-order valence-electron chi connectivity index (χ1n) is 6.76. The maximum absolute atomic E-state index is 12.0. The van der Waals surface area contributed by atoms with Gasteiger partial charge in [0.25, 0.3) is 5.91 Å². The number of methoxy groups -OCH3 is 1. The number of halogens is 1. The van der Waals surface area contributed by atoms with Crippen LogP contribution in [0.1, 0.15) is 12.0 Å². The van der Waals surface area contributed by atoms with Gasteiger partial charge in [-0.05, 0) is 37.1 Å². The first-order valence-corrected chi connectivity index (χ1v) is 7.13. The van der Waals surface area contributed by atoms with E-state index in [4.69, 9.17) is 21.1 Å². The molecule has 1 amide bonds. The van der Waals surface area contributed by atoms with Gasteiger partial charge < -0.3 is 14.4 Å². The van der Waals surface area contributed by atoms with E-state index in [0.717, 1.165) is 5.56 Å². The van der Waals surface area contributed by atoms with Crippen LogP contribution in [0.15, 0.2) is 18.2 Å². The zero-order chi connectivity index (χ0) is 15.4. The predicted octanol–water partition coefficient (Wildman–Crippen LogP) is 2.05. The van der Waals surface area contributed by atoms with Gasteiger partial charge in [0.05, 0.1) is 13.0 Å². The highest BCUT2D eigenvalue weighted by molar-refractivity contribution is 6.31. The van der Waals surface area contributed by atoms with Gasteiger partial charge in [0.15, 0.2) is 6.61 Å². The molecule has 1 aliphatic heterocycles. The van der Waals surface area contributed by atoms with Crippen LogP contribution in [0, 0.1) is 12.8 Å². The summed E-state index contributed by atoms with van der Waals surface area (Å²) in [6.07, 6.45) is 0.637. The molecule has 0 aromatic heterocycles. The molecule has 1 aromatic rings. The minimum absolute atomic E-state index is 0.0467. The fourth-order valence-corrected chi connectivity index (χ4v) is 2.41. The lowest BCUT2D eigenvalue weighted by atomic mass is 10.1. The molecular formula is C15H18ClNO4. The van der Waals surface area contributed by atoms with Gasteiger partial charge in [0.2, 0.25) is 0 Å². The molecule has 0 bridgehead atoms. The van der Waals surface area contributed by atoms with Crippen LogP contribution in [0.2, 0.25) is 5.02 Å². The van der Waals surface area contributed by atoms with E-state index in [0.29, 0.717) is 30.3 Å². The Morgan fingerprint density at radius 1 is 1.43 bits per heavy atom. The van der Waals surface area contributed by atoms with Gasteiger partial charge in [-0.15, -0.1) is 0 Å². The van der Waals surface area contributed by atoms with Crippen molar-refractivity contribution < 1.29 is 19.1 Å². The van der Waals surface area contributed by atoms with Crippen molar-refractivity contribution >= 4 is 23.5 Å². The summed E-state index contributed by atoms with van der Waals surface area (Å²) in [7, 11) is 1.36. The Morgan fingerprint density at radius 3 is 2.86 bits per heavy atom. The molecule has 0 aliphatic carbocycles. The number of hydrogen-bond acceptors (Lipinski definition) is 4. The number of amides is 1. The highest BCUT2D eigenvalue weighted by atomic mass is 35.5. The van der Waals surface area contributed by atoms with Crippen LogP contribution in [-0.2, 0) is 14.3 Å². The van der Waals surface area contributed by atoms with Crippen LogP contribution < -0.4 is 4.74 Å². The summed E-state index contributed by atoms with van der Waals surface area (Å²) in [5.41, 5.74) is 0.897. The van der Waals surface area contributed by atoms with Crippen LogP contribution in [0.25, 0.3) is 0 Å². The van der Waals surface area contributed by atoms with Gasteiger partial charge >= 0.3 is 5.97 Å². The average Bonchev–Trinajstić information content (AvgIpc) is 2.97. The molecule has 1 fully saturated rings. The highest BCUT2D eigenvalue weighted by Gasteiger charge is 2.31. The Kier molecular flexibility index (Phi) is 5.07. The maximum Gasteiger partial charge on any atom is 0.310 e. The summed E-state index contributed by atoms with van der Waals surface area (Å²) in [5.74, 6) is -0.0146. The molecule has 0 N–H and O–H groups in total. The zero-order valence-corrected chi connectivity index (χ0v) is 12.9. The number of carbonyl (C=O) groups excluding carboxylic acids is 2. The van der Waals surface area contributed by atoms with Crippen LogP contribution in [-0.4, -0.2) is 43.6 Å². The van der Waals surface area contributed by atoms with Crippen molar-refractivity contribution in [1.29, 1.82) is 0 Å². The third kappa shape index (κ3) is 3.88. The Balaban J connectivity index is 1.85. The summed E-state index contributed by atoms with van der Waals surface area (Å²) < 4.78 is 10.2. The molecule has 0 saturated carbocycles. The minimum Gasteiger partial charge on any atom is -0.484 e. The van der Waals surface area contributed by atoms with E-state index in [1.165, 1.54) is 7.11 Å². The SMILES string of the molecule is COC(=O)C1CCN(C(=O)COc2ccc(Cl)c(C)c2)C1. The molecule has 0 spiro atoms. The van der Waals surface area contributed by atoms with Crippen molar-refractivity contribution in [1.82, 2.24) is 4.90 Å². The zero-order valence-electron chi connectivity index (χ0n) is 12.1. The van der Waals surface area contributed by atoms with E-state index in [2.05, 4.69) is 0 Å². The van der Waals surface area contributed by atoms with Crippen molar-refractivity contribution in [3.05, 3.63) is 28.8 Å². The van der Waals surface area contributed by atoms with Crippen molar-refractivity contribution in [2.45, 2.75) is 13.3 Å². The number of benzene rings is 1. The van der Waals surface area contributed by atoms with E-state index in [1.54, 1.807) is 23.1 Å². The monoisotopic (exact) mass is 311 g/mol. The first-order chi connectivity index (χ1) is 10.0. The van der Waals surface area contributed by atoms with Gasteiger partial charge in [-0.3, -0.25) is 9.59 Å². The quantitative estimate of drug-likeness (QED) is 0.799. The Morgan fingerprint density at radius 2 is 2.19 bits per heavy atom. The van der Waals surface area contributed by atoms with Crippen molar-refractivity contribution in [3.8, 4) is 5.75 Å². The topological polar surface area (TPSA) is 55.8 Å². The van der Waals surface area contributed by atoms with Crippen LogP contribution in [0.3, 0.4) is 0 Å². The summed E-state index contributed by atoms with van der Waals surface area (Å²) in [5, 5.41) is 0.661. The molecule has 1 heterocycles. The fraction of sp³-hybridized carbons (Fsp3) is 0.467. The summed E-state index contributed by atoms with van der Waals surface area (Å²) in [6, 6.07) is 5.25. The fourth-order valence-electron chi connectivity index (χ4n) is 2.29. The molecule has 114 valence electrons. The molecule has 1 aliphatic rings. The third-order valence-corrected chi connectivity index (χ3v) is 3.99. The van der Waals surface area contributed by atoms with Gasteiger partial charge in [0.1, 0.15) is 5.75 Å². The Bertz CT molecular complexity index is 546. The van der Waals surface area contributed by atoms with Crippen LogP contribution in [0.5, 0.6) is 5.75 Å². The number of likely N-dealkylation sites (tertiary alicyclic amines) is 1. The van der Waals surface area contributed by atoms with Gasteiger partial charge in [-0.25, -0.2) is 0 Å². The third-order valence-electron chi connectivity index (χ3n) is 3.57. The molecule has 6 heteroatoms. The summed E-state index contributed by atoms with van der Waals surface area (Å²) in [6.45, 7) is 2.78. The van der Waals surface area contributed by atoms with Crippen molar-refractivity contribution in [3.63, 3.8) is 0 Å². The summed E-state index contributed by atoms with van der Waals surface area (Å²) >= 11 is 5.93. The molecule has 1 atom stereocenters. The Hall–Kier alpha value is -1.75. The van der Waals surface area contributed by atoms with E-state index in [1.807, 2.05) is 6.92 Å². The molecular weight excluding hydrogens is 294 g/mol. The number of nitrogens with zero attached hydrogens (tertiary/aromatic N) is 1. The van der Waals surface area contributed by atoms with Gasteiger partial charge in [0, 0.05) is 18.1 Å². The van der Waals surface area contributed by atoms with E-state index in [9.17, 15) is 9.59 Å². The molecule has 1 saturated heterocycles. The predicted molar refractivity (Wildman–Crippen MR) is 78.4 cm³/mol. The molecule has 1 unspecified atom stereocenters. The van der Waals surface area contributed by atoms with E-state index < -0.39 is 0 Å².